The van der Waals surface area contributed by atoms with Crippen molar-refractivity contribution in [1.29, 1.82) is 0 Å². The minimum Gasteiger partial charge on any atom is -0.248 e. The predicted octanol–water partition coefficient (Wildman–Crippen LogP) is 8.88. The Morgan fingerprint density at radius 3 is 1.09 bits per heavy atom. The summed E-state index contributed by atoms with van der Waals surface area (Å²) in [6.07, 6.45) is 0. The number of hydrazine groups is 1. The van der Waals surface area contributed by atoms with Crippen LogP contribution in [0.15, 0.2) is 146 Å². The van der Waals surface area contributed by atoms with Gasteiger partial charge in [-0.1, -0.05) is 109 Å². The summed E-state index contributed by atoms with van der Waals surface area (Å²) in [4.78, 5) is 0. The number of anilines is 4. The maximum absolute atomic E-state index is 2.33. The van der Waals surface area contributed by atoms with Crippen molar-refractivity contribution < 1.29 is 0 Å². The van der Waals surface area contributed by atoms with E-state index in [1.54, 1.807) is 0 Å². The van der Waals surface area contributed by atoms with Gasteiger partial charge in [-0.2, -0.15) is 0 Å². The van der Waals surface area contributed by atoms with Crippen molar-refractivity contribution in [2.45, 2.75) is 0 Å². The van der Waals surface area contributed by atoms with E-state index in [2.05, 4.69) is 156 Å². The summed E-state index contributed by atoms with van der Waals surface area (Å²) in [6, 6.07) is 51.4. The second kappa shape index (κ2) is 8.76. The number of rotatable bonds is 5. The molecule has 0 radical (unpaired) electrons. The quantitative estimate of drug-likeness (QED) is 0.249. The van der Waals surface area contributed by atoms with Gasteiger partial charge < -0.3 is 0 Å². The minimum atomic E-state index is 1.09. The first-order chi connectivity index (χ1) is 16.9. The van der Waals surface area contributed by atoms with Gasteiger partial charge in [-0.3, -0.25) is 0 Å². The number of hydrogen-bond donors (Lipinski definition) is 0. The second-order valence-corrected chi connectivity index (χ2v) is 8.29. The van der Waals surface area contributed by atoms with Crippen LogP contribution in [0.1, 0.15) is 0 Å². The molecule has 0 aliphatic carbocycles. The van der Waals surface area contributed by atoms with Crippen LogP contribution in [0.2, 0.25) is 0 Å². The molecule has 0 heterocycles. The highest BCUT2D eigenvalue weighted by molar-refractivity contribution is 6.01. The van der Waals surface area contributed by atoms with E-state index < -0.39 is 0 Å². The van der Waals surface area contributed by atoms with Crippen LogP contribution in [-0.4, -0.2) is 0 Å². The van der Waals surface area contributed by atoms with Crippen molar-refractivity contribution in [3.05, 3.63) is 146 Å². The standard InChI is InChI=1S/C32H24N2/c1-3-17-27(18-4-1)33(31-23-11-15-25-13-7-9-21-29(25)31)34(28-19-5-2-6-20-28)32-24-12-16-26-14-8-10-22-30(26)32/h1-24H. The molecule has 2 heteroatoms. The fourth-order valence-electron chi connectivity index (χ4n) is 4.65. The molecule has 0 unspecified atom stereocenters. The first kappa shape index (κ1) is 20.1. The molecule has 0 aromatic heterocycles. The molecule has 162 valence electrons. The number of fused-ring (bicyclic) bond motifs is 2. The number of nitrogens with zero attached hydrogens (tertiary/aromatic N) is 2. The third-order valence-corrected chi connectivity index (χ3v) is 6.19. The summed E-state index contributed by atoms with van der Waals surface area (Å²) in [5, 5.41) is 9.50. The Balaban J connectivity index is 1.70. The Labute approximate surface area is 199 Å². The molecule has 6 rings (SSSR count). The monoisotopic (exact) mass is 436 g/mol. The van der Waals surface area contributed by atoms with Crippen LogP contribution >= 0.6 is 0 Å². The van der Waals surface area contributed by atoms with Crippen molar-refractivity contribution in [3.8, 4) is 0 Å². The lowest BCUT2D eigenvalue weighted by Crippen LogP contribution is -2.36. The Bertz CT molecular complexity index is 1430. The zero-order valence-electron chi connectivity index (χ0n) is 18.8. The summed E-state index contributed by atoms with van der Waals surface area (Å²) in [5.41, 5.74) is 4.44. The molecule has 2 nitrogen and oxygen atoms in total. The molecular weight excluding hydrogens is 412 g/mol. The molecule has 0 aliphatic heterocycles. The molecule has 0 saturated heterocycles. The van der Waals surface area contributed by atoms with Gasteiger partial charge in [0.05, 0.1) is 22.7 Å². The van der Waals surface area contributed by atoms with E-state index >= 15 is 0 Å². The summed E-state index contributed by atoms with van der Waals surface area (Å²) in [5.74, 6) is 0. The van der Waals surface area contributed by atoms with Gasteiger partial charge >= 0.3 is 0 Å². The van der Waals surface area contributed by atoms with Crippen molar-refractivity contribution in [2.24, 2.45) is 0 Å². The highest BCUT2D eigenvalue weighted by atomic mass is 15.6. The lowest BCUT2D eigenvalue weighted by molar-refractivity contribution is 1.00. The molecule has 0 N–H and O–H groups in total. The van der Waals surface area contributed by atoms with E-state index in [1.807, 2.05) is 0 Å². The zero-order valence-corrected chi connectivity index (χ0v) is 18.8. The van der Waals surface area contributed by atoms with Crippen molar-refractivity contribution in [1.82, 2.24) is 0 Å². The third-order valence-electron chi connectivity index (χ3n) is 6.19. The van der Waals surface area contributed by atoms with Gasteiger partial charge in [-0.05, 0) is 47.2 Å². The van der Waals surface area contributed by atoms with Crippen molar-refractivity contribution in [2.75, 3.05) is 10.0 Å². The lowest BCUT2D eigenvalue weighted by atomic mass is 10.1. The number of para-hydroxylation sites is 2. The van der Waals surface area contributed by atoms with Gasteiger partial charge in [0.2, 0.25) is 0 Å². The highest BCUT2D eigenvalue weighted by Crippen LogP contribution is 2.41. The molecule has 0 atom stereocenters. The summed E-state index contributed by atoms with van der Waals surface area (Å²) in [6.45, 7) is 0. The molecule has 0 fully saturated rings. The predicted molar refractivity (Wildman–Crippen MR) is 145 cm³/mol. The minimum absolute atomic E-state index is 1.09. The topological polar surface area (TPSA) is 6.48 Å². The Hall–Kier alpha value is -4.56. The van der Waals surface area contributed by atoms with Gasteiger partial charge in [0.25, 0.3) is 0 Å². The number of benzene rings is 6. The highest BCUT2D eigenvalue weighted by Gasteiger charge is 2.24. The maximum Gasteiger partial charge on any atom is 0.0715 e. The van der Waals surface area contributed by atoms with Crippen molar-refractivity contribution in [3.63, 3.8) is 0 Å². The fourth-order valence-corrected chi connectivity index (χ4v) is 4.65. The average Bonchev–Trinajstić information content (AvgIpc) is 2.92. The second-order valence-electron chi connectivity index (χ2n) is 8.29. The largest absolute Gasteiger partial charge is 0.248 e. The van der Waals surface area contributed by atoms with Gasteiger partial charge in [-0.15, -0.1) is 0 Å². The molecule has 0 spiro atoms. The lowest BCUT2D eigenvalue weighted by Gasteiger charge is -2.39. The Morgan fingerprint density at radius 2 is 0.647 bits per heavy atom. The SMILES string of the molecule is c1ccc(N(c2cccc3ccccc23)N(c2ccccc2)c2cccc3ccccc23)cc1. The average molecular weight is 437 g/mol. The Kier molecular flexibility index (Phi) is 5.17. The van der Waals surface area contributed by atoms with Crippen LogP contribution in [0.3, 0.4) is 0 Å². The van der Waals surface area contributed by atoms with Gasteiger partial charge in [-0.25, -0.2) is 10.0 Å². The number of hydrogen-bond acceptors (Lipinski definition) is 2. The third kappa shape index (κ3) is 3.56. The van der Waals surface area contributed by atoms with E-state index in [0.29, 0.717) is 0 Å². The van der Waals surface area contributed by atoms with Crippen molar-refractivity contribution >= 4 is 44.3 Å². The van der Waals surface area contributed by atoms with E-state index in [9.17, 15) is 0 Å². The first-order valence-electron chi connectivity index (χ1n) is 11.6. The van der Waals surface area contributed by atoms with E-state index in [1.165, 1.54) is 21.5 Å². The molecule has 6 aromatic carbocycles. The van der Waals surface area contributed by atoms with Crippen LogP contribution in [-0.2, 0) is 0 Å². The van der Waals surface area contributed by atoms with Crippen LogP contribution in [0.4, 0.5) is 22.7 Å². The summed E-state index contributed by atoms with van der Waals surface area (Å²) >= 11 is 0. The van der Waals surface area contributed by atoms with Crippen LogP contribution in [0, 0.1) is 0 Å². The smallest absolute Gasteiger partial charge is 0.0715 e. The van der Waals surface area contributed by atoms with E-state index in [4.69, 9.17) is 0 Å². The molecule has 0 aliphatic rings. The van der Waals surface area contributed by atoms with Crippen LogP contribution < -0.4 is 10.0 Å². The molecule has 0 amide bonds. The summed E-state index contributed by atoms with van der Waals surface area (Å²) in [7, 11) is 0. The molecular formula is C32H24N2. The maximum atomic E-state index is 2.33. The first-order valence-corrected chi connectivity index (χ1v) is 11.6. The van der Waals surface area contributed by atoms with Gasteiger partial charge in [0, 0.05) is 10.8 Å². The van der Waals surface area contributed by atoms with E-state index in [-0.39, 0.29) is 0 Å². The normalized spacial score (nSPS) is 10.9. The van der Waals surface area contributed by atoms with E-state index in [0.717, 1.165) is 22.7 Å². The molecule has 0 bridgehead atoms. The van der Waals surface area contributed by atoms with Crippen LogP contribution in [0.25, 0.3) is 21.5 Å². The molecule has 0 saturated carbocycles. The fraction of sp³-hybridized carbons (Fsp3) is 0. The zero-order chi connectivity index (χ0) is 22.7. The molecule has 34 heavy (non-hydrogen) atoms. The van der Waals surface area contributed by atoms with Gasteiger partial charge in [0.1, 0.15) is 0 Å². The van der Waals surface area contributed by atoms with Crippen LogP contribution in [0.5, 0.6) is 0 Å². The molecule has 6 aromatic rings. The Morgan fingerprint density at radius 1 is 0.294 bits per heavy atom. The summed E-state index contributed by atoms with van der Waals surface area (Å²) < 4.78 is 0. The van der Waals surface area contributed by atoms with Gasteiger partial charge in [0.15, 0.2) is 0 Å².